The number of nitriles is 1. The highest BCUT2D eigenvalue weighted by Crippen LogP contribution is 2.30. The summed E-state index contributed by atoms with van der Waals surface area (Å²) in [6.45, 7) is 1.71. The molecule has 1 aliphatic carbocycles. The lowest BCUT2D eigenvalue weighted by Crippen LogP contribution is -2.44. The number of piperidine rings is 1. The standard InChI is InChI=1S/C9H14N2O/c10-5-7-3-4-11(6-9(7)12)8-1-2-8/h7-9,12H,1-4,6H2. The van der Waals surface area contributed by atoms with Crippen LogP contribution >= 0.6 is 0 Å². The predicted octanol–water partition coefficient (Wildman–Crippen LogP) is 0.355. The Morgan fingerprint density at radius 1 is 1.33 bits per heavy atom. The Bertz CT molecular complexity index is 207. The van der Waals surface area contributed by atoms with Gasteiger partial charge in [0.15, 0.2) is 0 Å². The second kappa shape index (κ2) is 3.04. The van der Waals surface area contributed by atoms with Gasteiger partial charge in [0.05, 0.1) is 18.1 Å². The lowest BCUT2D eigenvalue weighted by atomic mass is 9.95. The fraction of sp³-hybridized carbons (Fsp3) is 0.889. The van der Waals surface area contributed by atoms with Crippen molar-refractivity contribution in [2.75, 3.05) is 13.1 Å². The first-order valence-corrected chi connectivity index (χ1v) is 4.63. The van der Waals surface area contributed by atoms with Gasteiger partial charge in [-0.2, -0.15) is 5.26 Å². The van der Waals surface area contributed by atoms with Crippen molar-refractivity contribution in [1.29, 1.82) is 5.26 Å². The van der Waals surface area contributed by atoms with Crippen molar-refractivity contribution in [1.82, 2.24) is 4.90 Å². The van der Waals surface area contributed by atoms with Crippen molar-refractivity contribution < 1.29 is 5.11 Å². The molecule has 2 aliphatic rings. The third-order valence-corrected chi connectivity index (χ3v) is 2.84. The fourth-order valence-electron chi connectivity index (χ4n) is 1.88. The topological polar surface area (TPSA) is 47.3 Å². The number of aliphatic hydroxyl groups excluding tert-OH is 1. The molecule has 0 aromatic rings. The number of rotatable bonds is 1. The normalized spacial score (nSPS) is 37.7. The molecule has 1 saturated carbocycles. The summed E-state index contributed by atoms with van der Waals surface area (Å²) in [4.78, 5) is 2.32. The summed E-state index contributed by atoms with van der Waals surface area (Å²) >= 11 is 0. The number of aliphatic hydroxyl groups is 1. The van der Waals surface area contributed by atoms with E-state index in [1.165, 1.54) is 12.8 Å². The minimum absolute atomic E-state index is 0.125. The Kier molecular flexibility index (Phi) is 2.03. The maximum absolute atomic E-state index is 9.55. The molecule has 2 fully saturated rings. The molecule has 0 spiro atoms. The van der Waals surface area contributed by atoms with Gasteiger partial charge in [-0.1, -0.05) is 0 Å². The van der Waals surface area contributed by atoms with E-state index in [1.807, 2.05) is 0 Å². The first-order chi connectivity index (χ1) is 5.81. The second-order valence-corrected chi connectivity index (χ2v) is 3.82. The van der Waals surface area contributed by atoms with Crippen LogP contribution in [-0.4, -0.2) is 35.2 Å². The molecule has 1 saturated heterocycles. The largest absolute Gasteiger partial charge is 0.390 e. The van der Waals surface area contributed by atoms with Crippen molar-refractivity contribution in [3.8, 4) is 6.07 Å². The SMILES string of the molecule is N#CC1CCN(C2CC2)CC1O. The summed E-state index contributed by atoms with van der Waals surface area (Å²) in [5, 5.41) is 18.2. The minimum Gasteiger partial charge on any atom is -0.390 e. The molecule has 0 aromatic carbocycles. The molecule has 12 heavy (non-hydrogen) atoms. The second-order valence-electron chi connectivity index (χ2n) is 3.82. The number of hydrogen-bond acceptors (Lipinski definition) is 3. The Morgan fingerprint density at radius 2 is 2.08 bits per heavy atom. The maximum atomic E-state index is 9.55. The average Bonchev–Trinajstić information content (AvgIpc) is 2.86. The van der Waals surface area contributed by atoms with Gasteiger partial charge >= 0.3 is 0 Å². The summed E-state index contributed by atoms with van der Waals surface area (Å²) in [5.74, 6) is -0.125. The number of likely N-dealkylation sites (tertiary alicyclic amines) is 1. The van der Waals surface area contributed by atoms with Gasteiger partial charge in [0.1, 0.15) is 0 Å². The summed E-state index contributed by atoms with van der Waals surface area (Å²) in [5.41, 5.74) is 0. The molecule has 1 N–H and O–H groups in total. The third-order valence-electron chi connectivity index (χ3n) is 2.84. The number of hydrogen-bond donors (Lipinski definition) is 1. The molecule has 0 radical (unpaired) electrons. The van der Waals surface area contributed by atoms with Crippen molar-refractivity contribution in [2.45, 2.75) is 31.4 Å². The molecule has 0 bridgehead atoms. The van der Waals surface area contributed by atoms with Crippen LogP contribution in [0.2, 0.25) is 0 Å². The van der Waals surface area contributed by atoms with Gasteiger partial charge in [0, 0.05) is 12.6 Å². The van der Waals surface area contributed by atoms with Crippen molar-refractivity contribution >= 4 is 0 Å². The molecule has 66 valence electrons. The lowest BCUT2D eigenvalue weighted by molar-refractivity contribution is 0.0390. The quantitative estimate of drug-likeness (QED) is 0.611. The molecule has 0 amide bonds. The van der Waals surface area contributed by atoms with Gasteiger partial charge in [0.25, 0.3) is 0 Å². The average molecular weight is 166 g/mol. The third kappa shape index (κ3) is 1.45. The highest BCUT2D eigenvalue weighted by atomic mass is 16.3. The molecule has 2 rings (SSSR count). The molecule has 2 atom stereocenters. The highest BCUT2D eigenvalue weighted by Gasteiger charge is 2.35. The van der Waals surface area contributed by atoms with Gasteiger partial charge in [-0.3, -0.25) is 4.90 Å². The molecular weight excluding hydrogens is 152 g/mol. The lowest BCUT2D eigenvalue weighted by Gasteiger charge is -2.32. The van der Waals surface area contributed by atoms with E-state index in [2.05, 4.69) is 11.0 Å². The van der Waals surface area contributed by atoms with E-state index in [4.69, 9.17) is 5.26 Å². The molecular formula is C9H14N2O. The van der Waals surface area contributed by atoms with E-state index < -0.39 is 6.10 Å². The van der Waals surface area contributed by atoms with Gasteiger partial charge in [-0.15, -0.1) is 0 Å². The minimum atomic E-state index is -0.413. The zero-order valence-electron chi connectivity index (χ0n) is 7.11. The fourth-order valence-corrected chi connectivity index (χ4v) is 1.88. The Labute approximate surface area is 72.6 Å². The van der Waals surface area contributed by atoms with Crippen LogP contribution in [0.15, 0.2) is 0 Å². The molecule has 3 heteroatoms. The van der Waals surface area contributed by atoms with Crippen LogP contribution in [0.25, 0.3) is 0 Å². The highest BCUT2D eigenvalue weighted by molar-refractivity contribution is 4.97. The zero-order chi connectivity index (χ0) is 8.55. The van der Waals surface area contributed by atoms with E-state index in [0.717, 1.165) is 19.0 Å². The molecule has 0 aromatic heterocycles. The van der Waals surface area contributed by atoms with E-state index in [1.54, 1.807) is 0 Å². The van der Waals surface area contributed by atoms with Crippen molar-refractivity contribution in [3.63, 3.8) is 0 Å². The molecule has 2 unspecified atom stereocenters. The van der Waals surface area contributed by atoms with E-state index >= 15 is 0 Å². The maximum Gasteiger partial charge on any atom is 0.0825 e. The zero-order valence-corrected chi connectivity index (χ0v) is 7.11. The van der Waals surface area contributed by atoms with Gasteiger partial charge in [0.2, 0.25) is 0 Å². The Morgan fingerprint density at radius 3 is 2.58 bits per heavy atom. The van der Waals surface area contributed by atoms with Crippen molar-refractivity contribution in [3.05, 3.63) is 0 Å². The van der Waals surface area contributed by atoms with Gasteiger partial charge in [-0.25, -0.2) is 0 Å². The van der Waals surface area contributed by atoms with Crippen LogP contribution in [0, 0.1) is 17.2 Å². The first-order valence-electron chi connectivity index (χ1n) is 4.63. The number of nitrogens with zero attached hydrogens (tertiary/aromatic N) is 2. The molecule has 3 nitrogen and oxygen atoms in total. The van der Waals surface area contributed by atoms with Crippen LogP contribution < -0.4 is 0 Å². The number of β-amino-alcohol motifs (C(OH)–C–C–N with tert-alkyl or cyclic N) is 1. The predicted molar refractivity (Wildman–Crippen MR) is 44.3 cm³/mol. The summed E-state index contributed by atoms with van der Waals surface area (Å²) in [7, 11) is 0. The van der Waals surface area contributed by atoms with E-state index in [0.29, 0.717) is 6.54 Å². The summed E-state index contributed by atoms with van der Waals surface area (Å²) in [6.07, 6.45) is 2.99. The van der Waals surface area contributed by atoms with Gasteiger partial charge in [-0.05, 0) is 25.8 Å². The van der Waals surface area contributed by atoms with Gasteiger partial charge < -0.3 is 5.11 Å². The van der Waals surface area contributed by atoms with Crippen LogP contribution in [0.3, 0.4) is 0 Å². The summed E-state index contributed by atoms with van der Waals surface area (Å²) < 4.78 is 0. The first kappa shape index (κ1) is 8.03. The van der Waals surface area contributed by atoms with E-state index in [-0.39, 0.29) is 5.92 Å². The monoisotopic (exact) mass is 166 g/mol. The van der Waals surface area contributed by atoms with Crippen LogP contribution in [0.4, 0.5) is 0 Å². The van der Waals surface area contributed by atoms with E-state index in [9.17, 15) is 5.11 Å². The Balaban J connectivity index is 1.90. The summed E-state index contributed by atoms with van der Waals surface area (Å²) in [6, 6.07) is 2.88. The van der Waals surface area contributed by atoms with Crippen LogP contribution in [0.1, 0.15) is 19.3 Å². The Hall–Kier alpha value is -0.590. The molecule has 1 aliphatic heterocycles. The van der Waals surface area contributed by atoms with Crippen LogP contribution in [-0.2, 0) is 0 Å². The molecule has 1 heterocycles. The van der Waals surface area contributed by atoms with Crippen LogP contribution in [0.5, 0.6) is 0 Å². The smallest absolute Gasteiger partial charge is 0.0825 e. The van der Waals surface area contributed by atoms with Crippen molar-refractivity contribution in [2.24, 2.45) is 5.92 Å².